The van der Waals surface area contributed by atoms with Crippen LogP contribution in [0.1, 0.15) is 32.3 Å². The zero-order valence-electron chi connectivity index (χ0n) is 10.6. The van der Waals surface area contributed by atoms with E-state index in [4.69, 9.17) is 10.00 Å². The first kappa shape index (κ1) is 13.5. The van der Waals surface area contributed by atoms with Crippen molar-refractivity contribution < 1.29 is 4.74 Å². The van der Waals surface area contributed by atoms with Crippen LogP contribution >= 0.6 is 0 Å². The van der Waals surface area contributed by atoms with Gasteiger partial charge in [-0.1, -0.05) is 26.0 Å². The topological polar surface area (TPSA) is 45.0 Å². The fourth-order valence-electron chi connectivity index (χ4n) is 1.50. The van der Waals surface area contributed by atoms with E-state index in [9.17, 15) is 0 Å². The maximum atomic E-state index is 8.84. The van der Waals surface area contributed by atoms with E-state index in [0.29, 0.717) is 6.42 Å². The van der Waals surface area contributed by atoms with Gasteiger partial charge in [0.05, 0.1) is 0 Å². The third-order valence-electron chi connectivity index (χ3n) is 2.45. The van der Waals surface area contributed by atoms with Gasteiger partial charge in [-0.3, -0.25) is 0 Å². The number of benzene rings is 1. The molecule has 0 heterocycles. The molecule has 0 amide bonds. The van der Waals surface area contributed by atoms with Crippen LogP contribution in [0.15, 0.2) is 24.3 Å². The molecule has 0 saturated heterocycles. The van der Waals surface area contributed by atoms with Crippen molar-refractivity contribution in [3.8, 4) is 11.8 Å². The molecular formula is C14H20N2O. The molecular weight excluding hydrogens is 212 g/mol. The van der Waals surface area contributed by atoms with Crippen molar-refractivity contribution in [1.82, 2.24) is 5.32 Å². The molecule has 0 aromatic heterocycles. The standard InChI is InChI=1S/C14H20N2O/c1-3-8-16-11-12-6-5-7-14(9-12)17-13(4-2)10-15/h5-7,9,13,16H,3-4,8,11H2,1-2H3. The van der Waals surface area contributed by atoms with E-state index in [1.807, 2.05) is 25.1 Å². The lowest BCUT2D eigenvalue weighted by molar-refractivity contribution is 0.251. The highest BCUT2D eigenvalue weighted by Gasteiger charge is 2.05. The van der Waals surface area contributed by atoms with Crippen LogP contribution in [0.3, 0.4) is 0 Å². The van der Waals surface area contributed by atoms with Crippen molar-refractivity contribution in [1.29, 1.82) is 5.26 Å². The summed E-state index contributed by atoms with van der Waals surface area (Å²) in [5.41, 5.74) is 1.18. The molecule has 0 aliphatic carbocycles. The SMILES string of the molecule is CCCNCc1cccc(OC(C#N)CC)c1. The lowest BCUT2D eigenvalue weighted by Crippen LogP contribution is -2.15. The number of nitrogens with one attached hydrogen (secondary N) is 1. The Balaban J connectivity index is 2.56. The highest BCUT2D eigenvalue weighted by Crippen LogP contribution is 2.15. The number of hydrogen-bond acceptors (Lipinski definition) is 3. The van der Waals surface area contributed by atoms with Crippen LogP contribution in [0.25, 0.3) is 0 Å². The minimum atomic E-state index is -0.353. The fourth-order valence-corrected chi connectivity index (χ4v) is 1.50. The Bertz CT molecular complexity index is 371. The van der Waals surface area contributed by atoms with Gasteiger partial charge >= 0.3 is 0 Å². The second-order valence-electron chi connectivity index (χ2n) is 3.97. The van der Waals surface area contributed by atoms with Crippen LogP contribution in [-0.4, -0.2) is 12.6 Å². The molecule has 0 fully saturated rings. The number of rotatable bonds is 7. The molecule has 17 heavy (non-hydrogen) atoms. The van der Waals surface area contributed by atoms with Crippen molar-refractivity contribution in [3.63, 3.8) is 0 Å². The zero-order valence-corrected chi connectivity index (χ0v) is 10.6. The van der Waals surface area contributed by atoms with Crippen LogP contribution in [0.4, 0.5) is 0 Å². The van der Waals surface area contributed by atoms with E-state index in [-0.39, 0.29) is 6.10 Å². The summed E-state index contributed by atoms with van der Waals surface area (Å²) in [7, 11) is 0. The molecule has 1 N–H and O–H groups in total. The van der Waals surface area contributed by atoms with Gasteiger partial charge in [-0.2, -0.15) is 5.26 Å². The first-order valence-electron chi connectivity index (χ1n) is 6.16. The molecule has 1 atom stereocenters. The smallest absolute Gasteiger partial charge is 0.184 e. The van der Waals surface area contributed by atoms with E-state index >= 15 is 0 Å². The van der Waals surface area contributed by atoms with Gasteiger partial charge in [0, 0.05) is 6.54 Å². The average Bonchev–Trinajstić information content (AvgIpc) is 2.37. The second kappa shape index (κ2) is 7.70. The van der Waals surface area contributed by atoms with Crippen LogP contribution in [0, 0.1) is 11.3 Å². The monoisotopic (exact) mass is 232 g/mol. The zero-order chi connectivity index (χ0) is 12.5. The van der Waals surface area contributed by atoms with E-state index in [1.54, 1.807) is 0 Å². The molecule has 0 saturated carbocycles. The first-order chi connectivity index (χ1) is 8.30. The number of nitrogens with zero attached hydrogens (tertiary/aromatic N) is 1. The minimum absolute atomic E-state index is 0.353. The van der Waals surface area contributed by atoms with E-state index in [2.05, 4.69) is 24.4 Å². The molecule has 1 unspecified atom stereocenters. The van der Waals surface area contributed by atoms with Crippen molar-refractivity contribution >= 4 is 0 Å². The number of hydrogen-bond donors (Lipinski definition) is 1. The van der Waals surface area contributed by atoms with Gasteiger partial charge in [-0.25, -0.2) is 0 Å². The Kier molecular flexibility index (Phi) is 6.13. The molecule has 1 aromatic carbocycles. The Morgan fingerprint density at radius 1 is 1.41 bits per heavy atom. The molecule has 0 spiro atoms. The maximum absolute atomic E-state index is 8.84. The lowest BCUT2D eigenvalue weighted by Gasteiger charge is -2.11. The highest BCUT2D eigenvalue weighted by atomic mass is 16.5. The van der Waals surface area contributed by atoms with Gasteiger partial charge in [-0.15, -0.1) is 0 Å². The summed E-state index contributed by atoms with van der Waals surface area (Å²) in [6.07, 6.45) is 1.48. The van der Waals surface area contributed by atoms with Gasteiger partial charge in [0.1, 0.15) is 11.8 Å². The van der Waals surface area contributed by atoms with Gasteiger partial charge in [0.25, 0.3) is 0 Å². The summed E-state index contributed by atoms with van der Waals surface area (Å²) in [4.78, 5) is 0. The molecule has 0 bridgehead atoms. The molecule has 1 rings (SSSR count). The van der Waals surface area contributed by atoms with Gasteiger partial charge in [0.2, 0.25) is 0 Å². The summed E-state index contributed by atoms with van der Waals surface area (Å²) in [6, 6.07) is 10.0. The largest absolute Gasteiger partial charge is 0.476 e. The fraction of sp³-hybridized carbons (Fsp3) is 0.500. The minimum Gasteiger partial charge on any atom is -0.476 e. The van der Waals surface area contributed by atoms with Crippen LogP contribution in [0.2, 0.25) is 0 Å². The van der Waals surface area contributed by atoms with Crippen LogP contribution in [-0.2, 0) is 6.54 Å². The quantitative estimate of drug-likeness (QED) is 0.735. The highest BCUT2D eigenvalue weighted by molar-refractivity contribution is 5.29. The van der Waals surface area contributed by atoms with E-state index < -0.39 is 0 Å². The maximum Gasteiger partial charge on any atom is 0.184 e. The van der Waals surface area contributed by atoms with E-state index in [0.717, 1.165) is 25.3 Å². The Morgan fingerprint density at radius 3 is 2.88 bits per heavy atom. The first-order valence-corrected chi connectivity index (χ1v) is 6.16. The Labute approximate surface area is 103 Å². The normalized spacial score (nSPS) is 11.8. The van der Waals surface area contributed by atoms with Gasteiger partial charge < -0.3 is 10.1 Å². The Hall–Kier alpha value is -1.53. The summed E-state index contributed by atoms with van der Waals surface area (Å²) in [5.74, 6) is 0.772. The molecule has 1 aromatic rings. The van der Waals surface area contributed by atoms with Crippen LogP contribution in [0.5, 0.6) is 5.75 Å². The van der Waals surface area contributed by atoms with Gasteiger partial charge in [0.15, 0.2) is 6.10 Å². The molecule has 92 valence electrons. The molecule has 3 heteroatoms. The van der Waals surface area contributed by atoms with Crippen LogP contribution < -0.4 is 10.1 Å². The average molecular weight is 232 g/mol. The van der Waals surface area contributed by atoms with Gasteiger partial charge in [-0.05, 0) is 37.1 Å². The van der Waals surface area contributed by atoms with Crippen molar-refractivity contribution in [2.24, 2.45) is 0 Å². The predicted molar refractivity (Wildman–Crippen MR) is 68.8 cm³/mol. The Morgan fingerprint density at radius 2 is 2.24 bits per heavy atom. The molecule has 0 aliphatic heterocycles. The van der Waals surface area contributed by atoms with Crippen molar-refractivity contribution in [2.45, 2.75) is 39.3 Å². The second-order valence-corrected chi connectivity index (χ2v) is 3.97. The predicted octanol–water partition coefficient (Wildman–Crippen LogP) is 2.87. The van der Waals surface area contributed by atoms with Crippen molar-refractivity contribution in [3.05, 3.63) is 29.8 Å². The third-order valence-corrected chi connectivity index (χ3v) is 2.45. The lowest BCUT2D eigenvalue weighted by atomic mass is 10.2. The molecule has 0 aliphatic rings. The molecule has 3 nitrogen and oxygen atoms in total. The number of nitriles is 1. The summed E-state index contributed by atoms with van der Waals surface area (Å²) in [5, 5.41) is 12.2. The summed E-state index contributed by atoms with van der Waals surface area (Å²) < 4.78 is 5.57. The molecule has 0 radical (unpaired) electrons. The summed E-state index contributed by atoms with van der Waals surface area (Å²) >= 11 is 0. The van der Waals surface area contributed by atoms with Crippen molar-refractivity contribution in [2.75, 3.05) is 6.54 Å². The number of ether oxygens (including phenoxy) is 1. The summed E-state index contributed by atoms with van der Waals surface area (Å²) in [6.45, 7) is 5.95. The third kappa shape index (κ3) is 4.88. The van der Waals surface area contributed by atoms with E-state index in [1.165, 1.54) is 5.56 Å².